The van der Waals surface area contributed by atoms with Gasteiger partial charge in [0, 0.05) is 43.3 Å². The highest BCUT2D eigenvalue weighted by Crippen LogP contribution is 2.39. The van der Waals surface area contributed by atoms with Gasteiger partial charge in [-0.25, -0.2) is 0 Å². The van der Waals surface area contributed by atoms with Crippen LogP contribution in [0.25, 0.3) is 0 Å². The second-order valence-corrected chi connectivity index (χ2v) is 7.16. The molecule has 0 saturated carbocycles. The van der Waals surface area contributed by atoms with Crippen LogP contribution in [-0.2, 0) is 16.1 Å². The molecule has 5 heteroatoms. The Morgan fingerprint density at radius 2 is 2.00 bits per heavy atom. The number of halogens is 1. The number of nitrogens with zero attached hydrogens (tertiary/aromatic N) is 2. The molecule has 0 aliphatic carbocycles. The Balaban J connectivity index is 1.51. The summed E-state index contributed by atoms with van der Waals surface area (Å²) >= 11 is 6.23. The third kappa shape index (κ3) is 3.87. The van der Waals surface area contributed by atoms with Gasteiger partial charge >= 0.3 is 0 Å². The van der Waals surface area contributed by atoms with Crippen molar-refractivity contribution in [1.82, 2.24) is 9.80 Å². The molecule has 2 heterocycles. The number of hydrogen-bond donors (Lipinski definition) is 0. The maximum absolute atomic E-state index is 12.5. The summed E-state index contributed by atoms with van der Waals surface area (Å²) in [6.07, 6.45) is 2.18. The fourth-order valence-corrected chi connectivity index (χ4v) is 3.69. The van der Waals surface area contributed by atoms with E-state index < -0.39 is 0 Å². The van der Waals surface area contributed by atoms with Crippen molar-refractivity contribution in [3.05, 3.63) is 34.9 Å². The van der Waals surface area contributed by atoms with Crippen LogP contribution < -0.4 is 0 Å². The number of carbonyl (C=O) groups is 1. The molecule has 0 N–H and O–H groups in total. The van der Waals surface area contributed by atoms with Gasteiger partial charge in [-0.05, 0) is 31.0 Å². The van der Waals surface area contributed by atoms with E-state index in [1.807, 2.05) is 29.2 Å². The number of rotatable bonds is 5. The Bertz CT molecular complexity index is 550. The molecule has 0 bridgehead atoms. The highest BCUT2D eigenvalue weighted by Gasteiger charge is 2.45. The third-order valence-electron chi connectivity index (χ3n) is 5.12. The molecule has 1 aromatic carbocycles. The molecule has 1 amide bonds. The van der Waals surface area contributed by atoms with Crippen molar-refractivity contribution < 1.29 is 9.53 Å². The van der Waals surface area contributed by atoms with E-state index in [-0.39, 0.29) is 5.91 Å². The second-order valence-electron chi connectivity index (χ2n) is 6.76. The van der Waals surface area contributed by atoms with Gasteiger partial charge in [-0.15, -0.1) is 0 Å². The van der Waals surface area contributed by atoms with Gasteiger partial charge in [0.1, 0.15) is 0 Å². The standard InChI is InChI=1S/C18H25ClN2O2/c1-2-20(11-15-5-3-4-6-16(15)19)12-17(22)21-13-18(14-21)7-9-23-10-8-18/h3-6H,2,7-14H2,1H3. The van der Waals surface area contributed by atoms with Crippen molar-refractivity contribution in [3.8, 4) is 0 Å². The molecule has 4 nitrogen and oxygen atoms in total. The fourth-order valence-electron chi connectivity index (χ4n) is 3.50. The van der Waals surface area contributed by atoms with Crippen molar-refractivity contribution in [2.45, 2.75) is 26.3 Å². The van der Waals surface area contributed by atoms with Crippen LogP contribution in [0.3, 0.4) is 0 Å². The second kappa shape index (κ2) is 7.20. The number of benzene rings is 1. The lowest BCUT2D eigenvalue weighted by atomic mass is 9.73. The fraction of sp³-hybridized carbons (Fsp3) is 0.611. The average molecular weight is 337 g/mol. The third-order valence-corrected chi connectivity index (χ3v) is 5.49. The van der Waals surface area contributed by atoms with Crippen molar-refractivity contribution in [3.63, 3.8) is 0 Å². The van der Waals surface area contributed by atoms with Gasteiger partial charge in [-0.2, -0.15) is 0 Å². The maximum Gasteiger partial charge on any atom is 0.236 e. The Morgan fingerprint density at radius 1 is 1.30 bits per heavy atom. The van der Waals surface area contributed by atoms with Gasteiger partial charge in [-0.3, -0.25) is 9.69 Å². The zero-order chi connectivity index (χ0) is 16.3. The summed E-state index contributed by atoms with van der Waals surface area (Å²) in [5, 5.41) is 0.767. The molecule has 2 fully saturated rings. The van der Waals surface area contributed by atoms with E-state index >= 15 is 0 Å². The highest BCUT2D eigenvalue weighted by molar-refractivity contribution is 6.31. The van der Waals surface area contributed by atoms with Gasteiger partial charge in [0.15, 0.2) is 0 Å². The van der Waals surface area contributed by atoms with E-state index in [0.717, 1.165) is 62.8 Å². The number of likely N-dealkylation sites (N-methyl/N-ethyl adjacent to an activating group) is 1. The van der Waals surface area contributed by atoms with Crippen molar-refractivity contribution in [2.24, 2.45) is 5.41 Å². The van der Waals surface area contributed by atoms with Crippen LogP contribution in [0.4, 0.5) is 0 Å². The number of likely N-dealkylation sites (tertiary alicyclic amines) is 1. The molecule has 2 aliphatic heterocycles. The normalized spacial score (nSPS) is 19.9. The average Bonchev–Trinajstić information content (AvgIpc) is 2.54. The Kier molecular flexibility index (Phi) is 5.24. The quantitative estimate of drug-likeness (QED) is 0.829. The van der Waals surface area contributed by atoms with Crippen molar-refractivity contribution in [1.29, 1.82) is 0 Å². The monoisotopic (exact) mass is 336 g/mol. The molecule has 23 heavy (non-hydrogen) atoms. The lowest BCUT2D eigenvalue weighted by Gasteiger charge is -2.52. The van der Waals surface area contributed by atoms with Crippen LogP contribution in [0.5, 0.6) is 0 Å². The highest BCUT2D eigenvalue weighted by atomic mass is 35.5. The minimum absolute atomic E-state index is 0.232. The zero-order valence-corrected chi connectivity index (χ0v) is 14.5. The molecule has 2 aliphatic rings. The topological polar surface area (TPSA) is 32.8 Å². The van der Waals surface area contributed by atoms with Crippen molar-refractivity contribution in [2.75, 3.05) is 39.4 Å². The molecule has 0 unspecified atom stereocenters. The molecule has 0 aromatic heterocycles. The SMILES string of the molecule is CCN(CC(=O)N1CC2(CCOCC2)C1)Cc1ccccc1Cl. The minimum atomic E-state index is 0.232. The van der Waals surface area contributed by atoms with Gasteiger partial charge in [0.25, 0.3) is 0 Å². The van der Waals surface area contributed by atoms with Crippen LogP contribution in [0.15, 0.2) is 24.3 Å². The predicted octanol–water partition coefficient (Wildman–Crippen LogP) is 2.80. The molecule has 1 spiro atoms. The summed E-state index contributed by atoms with van der Waals surface area (Å²) < 4.78 is 5.43. The Morgan fingerprint density at radius 3 is 2.65 bits per heavy atom. The largest absolute Gasteiger partial charge is 0.381 e. The molecule has 1 aromatic rings. The number of amides is 1. The summed E-state index contributed by atoms with van der Waals surface area (Å²) in [4.78, 5) is 16.7. The summed E-state index contributed by atoms with van der Waals surface area (Å²) in [6.45, 7) is 7.59. The summed E-state index contributed by atoms with van der Waals surface area (Å²) in [6, 6.07) is 7.84. The van der Waals surface area contributed by atoms with Gasteiger partial charge in [0.2, 0.25) is 5.91 Å². The molecular weight excluding hydrogens is 312 g/mol. The maximum atomic E-state index is 12.5. The Hall–Kier alpha value is -1.10. The van der Waals surface area contributed by atoms with Crippen LogP contribution in [-0.4, -0.2) is 55.1 Å². The van der Waals surface area contributed by atoms with Crippen molar-refractivity contribution >= 4 is 17.5 Å². The van der Waals surface area contributed by atoms with E-state index in [4.69, 9.17) is 16.3 Å². The van der Waals surface area contributed by atoms with E-state index in [2.05, 4.69) is 11.8 Å². The summed E-state index contributed by atoms with van der Waals surface area (Å²) in [5.74, 6) is 0.232. The van der Waals surface area contributed by atoms with Gasteiger partial charge in [0.05, 0.1) is 6.54 Å². The number of hydrogen-bond acceptors (Lipinski definition) is 3. The van der Waals surface area contributed by atoms with Gasteiger partial charge in [-0.1, -0.05) is 36.7 Å². The lowest BCUT2D eigenvalue weighted by Crippen LogP contribution is -2.61. The lowest BCUT2D eigenvalue weighted by molar-refractivity contribution is -0.151. The van der Waals surface area contributed by atoms with Crippen LogP contribution in [0, 0.1) is 5.41 Å². The number of ether oxygens (including phenoxy) is 1. The Labute approximate surface area is 143 Å². The van der Waals surface area contributed by atoms with Crippen LogP contribution >= 0.6 is 11.6 Å². The smallest absolute Gasteiger partial charge is 0.236 e. The zero-order valence-electron chi connectivity index (χ0n) is 13.8. The first-order valence-electron chi connectivity index (χ1n) is 8.43. The minimum Gasteiger partial charge on any atom is -0.381 e. The molecular formula is C18H25ClN2O2. The van der Waals surface area contributed by atoms with E-state index in [1.54, 1.807) is 0 Å². The van der Waals surface area contributed by atoms with Crippen LogP contribution in [0.1, 0.15) is 25.3 Å². The van der Waals surface area contributed by atoms with E-state index in [0.29, 0.717) is 12.0 Å². The van der Waals surface area contributed by atoms with Gasteiger partial charge < -0.3 is 9.64 Å². The van der Waals surface area contributed by atoms with E-state index in [9.17, 15) is 4.79 Å². The summed E-state index contributed by atoms with van der Waals surface area (Å²) in [5.41, 5.74) is 1.42. The number of carbonyl (C=O) groups excluding carboxylic acids is 1. The van der Waals surface area contributed by atoms with E-state index in [1.165, 1.54) is 0 Å². The predicted molar refractivity (Wildman–Crippen MR) is 91.5 cm³/mol. The first-order chi connectivity index (χ1) is 11.1. The first kappa shape index (κ1) is 16.7. The molecule has 2 saturated heterocycles. The first-order valence-corrected chi connectivity index (χ1v) is 8.81. The molecule has 3 rings (SSSR count). The summed E-state index contributed by atoms with van der Waals surface area (Å²) in [7, 11) is 0. The molecule has 126 valence electrons. The molecule has 0 radical (unpaired) electrons. The van der Waals surface area contributed by atoms with Crippen LogP contribution in [0.2, 0.25) is 5.02 Å². The molecule has 0 atom stereocenters.